The zero-order valence-corrected chi connectivity index (χ0v) is 12.8. The first-order valence-electron chi connectivity index (χ1n) is 6.42. The van der Waals surface area contributed by atoms with Crippen LogP contribution in [0.4, 0.5) is 5.69 Å². The molecule has 0 aliphatic heterocycles. The maximum absolute atomic E-state index is 11.9. The van der Waals surface area contributed by atoms with Gasteiger partial charge in [0.25, 0.3) is 5.91 Å². The molecule has 1 aromatic carbocycles. The van der Waals surface area contributed by atoms with Gasteiger partial charge in [-0.1, -0.05) is 18.5 Å². The van der Waals surface area contributed by atoms with Crippen molar-refractivity contribution < 1.29 is 9.59 Å². The summed E-state index contributed by atoms with van der Waals surface area (Å²) in [6.07, 6.45) is 0.516. The smallest absolute Gasteiger partial charge is 0.260 e. The lowest BCUT2D eigenvalue weighted by molar-refractivity contribution is -0.128. The third-order valence-electron chi connectivity index (χ3n) is 2.92. The molecule has 0 fully saturated rings. The molecule has 21 heavy (non-hydrogen) atoms. The Morgan fingerprint density at radius 1 is 1.38 bits per heavy atom. The molecule has 0 saturated carbocycles. The largest absolute Gasteiger partial charge is 0.373 e. The summed E-state index contributed by atoms with van der Waals surface area (Å²) in [6, 6.07) is 4.77. The van der Waals surface area contributed by atoms with Gasteiger partial charge in [0.15, 0.2) is 0 Å². The molecule has 0 aromatic heterocycles. The van der Waals surface area contributed by atoms with Crippen molar-refractivity contribution in [1.29, 1.82) is 5.26 Å². The Morgan fingerprint density at radius 3 is 2.57 bits per heavy atom. The van der Waals surface area contributed by atoms with Gasteiger partial charge < -0.3 is 5.32 Å². The maximum atomic E-state index is 11.9. The van der Waals surface area contributed by atoms with E-state index in [9.17, 15) is 9.59 Å². The highest BCUT2D eigenvalue weighted by Crippen LogP contribution is 2.27. The number of nitrogens with zero attached hydrogens (tertiary/aromatic N) is 1. The monoisotopic (exact) mass is 308 g/mol. The molecule has 0 saturated heterocycles. The van der Waals surface area contributed by atoms with Gasteiger partial charge in [-0.05, 0) is 31.0 Å². The van der Waals surface area contributed by atoms with E-state index in [1.807, 2.05) is 13.0 Å². The van der Waals surface area contributed by atoms with Crippen LogP contribution in [0.15, 0.2) is 12.1 Å². The van der Waals surface area contributed by atoms with Crippen LogP contribution >= 0.6 is 11.6 Å². The average Bonchev–Trinajstić information content (AvgIpc) is 2.46. The van der Waals surface area contributed by atoms with Crippen molar-refractivity contribution in [3.63, 3.8) is 0 Å². The Bertz CT molecular complexity index is 595. The molecule has 0 unspecified atom stereocenters. The van der Waals surface area contributed by atoms with Gasteiger partial charge >= 0.3 is 0 Å². The Balaban J connectivity index is 2.87. The number of carbonyl (C=O) groups is 2. The Hall–Kier alpha value is -2.26. The van der Waals surface area contributed by atoms with Crippen molar-refractivity contribution in [1.82, 2.24) is 10.9 Å². The predicted molar refractivity (Wildman–Crippen MR) is 80.6 cm³/mol. The van der Waals surface area contributed by atoms with Crippen molar-refractivity contribution in [3.8, 4) is 6.07 Å². The Labute approximate surface area is 128 Å². The second-order valence-electron chi connectivity index (χ2n) is 4.49. The van der Waals surface area contributed by atoms with Gasteiger partial charge in [0.2, 0.25) is 5.91 Å². The summed E-state index contributed by atoms with van der Waals surface area (Å²) in [6.45, 7) is 4.91. The van der Waals surface area contributed by atoms with Gasteiger partial charge in [0.05, 0.1) is 10.6 Å². The summed E-state index contributed by atoms with van der Waals surface area (Å²) in [5, 5.41) is 12.3. The molecule has 0 heterocycles. The first kappa shape index (κ1) is 16.8. The van der Waals surface area contributed by atoms with Crippen LogP contribution in [0, 0.1) is 18.3 Å². The average molecular weight is 309 g/mol. The quantitative estimate of drug-likeness (QED) is 0.740. The molecular formula is C14H17ClN4O2. The topological polar surface area (TPSA) is 94.0 Å². The predicted octanol–water partition coefficient (Wildman–Crippen LogP) is 1.88. The van der Waals surface area contributed by atoms with E-state index in [2.05, 4.69) is 16.2 Å². The summed E-state index contributed by atoms with van der Waals surface area (Å²) in [7, 11) is 0. The van der Waals surface area contributed by atoms with E-state index < -0.39 is 6.04 Å². The number of rotatable bonds is 4. The number of nitrogens with one attached hydrogen (secondary N) is 3. The van der Waals surface area contributed by atoms with Crippen LogP contribution in [0.1, 0.15) is 31.4 Å². The summed E-state index contributed by atoms with van der Waals surface area (Å²) < 4.78 is 0. The molecule has 0 bridgehead atoms. The molecule has 0 spiro atoms. The molecule has 3 N–H and O–H groups in total. The number of hydrogen-bond donors (Lipinski definition) is 3. The third-order valence-corrected chi connectivity index (χ3v) is 3.41. The van der Waals surface area contributed by atoms with Gasteiger partial charge in [-0.15, -0.1) is 0 Å². The molecular weight excluding hydrogens is 292 g/mol. The van der Waals surface area contributed by atoms with E-state index in [-0.39, 0.29) is 11.8 Å². The van der Waals surface area contributed by atoms with Crippen LogP contribution in [0.25, 0.3) is 0 Å². The number of hydrogen-bond acceptors (Lipinski definition) is 4. The lowest BCUT2D eigenvalue weighted by Gasteiger charge is -2.20. The highest BCUT2D eigenvalue weighted by molar-refractivity contribution is 6.32. The van der Waals surface area contributed by atoms with E-state index in [0.717, 1.165) is 0 Å². The third kappa shape index (κ3) is 4.36. The Morgan fingerprint density at radius 2 is 2.05 bits per heavy atom. The van der Waals surface area contributed by atoms with Gasteiger partial charge in [-0.3, -0.25) is 20.4 Å². The first-order valence-corrected chi connectivity index (χ1v) is 6.80. The standard InChI is InChI=1S/C14H17ClN4O2/c1-4-11(14(21)19-18-9(3)20)17-12-6-5-10(7-16)13(15)8(12)2/h5-6,11,17H,4H2,1-3H3,(H,18,20)(H,19,21)/t11-/m1/s1. The summed E-state index contributed by atoms with van der Waals surface area (Å²) in [4.78, 5) is 22.7. The number of carbonyl (C=O) groups excluding carboxylic acids is 2. The lowest BCUT2D eigenvalue weighted by atomic mass is 10.1. The van der Waals surface area contributed by atoms with Gasteiger partial charge in [-0.2, -0.15) is 5.26 Å². The molecule has 1 aromatic rings. The van der Waals surface area contributed by atoms with E-state index >= 15 is 0 Å². The van der Waals surface area contributed by atoms with Crippen LogP contribution in [0.3, 0.4) is 0 Å². The minimum Gasteiger partial charge on any atom is -0.373 e. The van der Waals surface area contributed by atoms with E-state index in [1.165, 1.54) is 6.92 Å². The van der Waals surface area contributed by atoms with Crippen molar-refractivity contribution in [3.05, 3.63) is 28.3 Å². The number of nitriles is 1. The lowest BCUT2D eigenvalue weighted by Crippen LogP contribution is -2.47. The normalized spacial score (nSPS) is 11.2. The SMILES string of the molecule is CC[C@@H](Nc1ccc(C#N)c(Cl)c1C)C(=O)NNC(C)=O. The molecule has 1 atom stereocenters. The fourth-order valence-electron chi connectivity index (χ4n) is 1.71. The van der Waals surface area contributed by atoms with Gasteiger partial charge in [0, 0.05) is 12.6 Å². The fourth-order valence-corrected chi connectivity index (χ4v) is 1.91. The van der Waals surface area contributed by atoms with E-state index in [0.29, 0.717) is 28.3 Å². The zero-order chi connectivity index (χ0) is 16.0. The van der Waals surface area contributed by atoms with Crippen molar-refractivity contribution in [2.75, 3.05) is 5.32 Å². The zero-order valence-electron chi connectivity index (χ0n) is 12.1. The van der Waals surface area contributed by atoms with Gasteiger partial charge in [0.1, 0.15) is 12.1 Å². The number of halogens is 1. The summed E-state index contributed by atoms with van der Waals surface area (Å²) in [5.74, 6) is -0.705. The van der Waals surface area contributed by atoms with Gasteiger partial charge in [-0.25, -0.2) is 0 Å². The minimum absolute atomic E-state index is 0.351. The highest BCUT2D eigenvalue weighted by atomic mass is 35.5. The highest BCUT2D eigenvalue weighted by Gasteiger charge is 2.18. The fraction of sp³-hybridized carbons (Fsp3) is 0.357. The molecule has 1 rings (SSSR count). The van der Waals surface area contributed by atoms with E-state index in [4.69, 9.17) is 16.9 Å². The molecule has 0 aliphatic carbocycles. The van der Waals surface area contributed by atoms with Crippen LogP contribution < -0.4 is 16.2 Å². The second-order valence-corrected chi connectivity index (χ2v) is 4.87. The van der Waals surface area contributed by atoms with Crippen LogP contribution in [0.2, 0.25) is 5.02 Å². The van der Waals surface area contributed by atoms with Crippen LogP contribution in [-0.4, -0.2) is 17.9 Å². The molecule has 2 amide bonds. The minimum atomic E-state index is -0.528. The Kier molecular flexibility index (Phi) is 6.00. The van der Waals surface area contributed by atoms with Crippen LogP contribution in [-0.2, 0) is 9.59 Å². The van der Waals surface area contributed by atoms with Crippen LogP contribution in [0.5, 0.6) is 0 Å². The van der Waals surface area contributed by atoms with E-state index in [1.54, 1.807) is 19.1 Å². The molecule has 7 heteroatoms. The number of anilines is 1. The first-order chi connectivity index (χ1) is 9.90. The molecule has 0 aliphatic rings. The molecule has 112 valence electrons. The number of benzene rings is 1. The molecule has 0 radical (unpaired) electrons. The van der Waals surface area contributed by atoms with Crippen molar-refractivity contribution >= 4 is 29.1 Å². The number of amides is 2. The summed E-state index contributed by atoms with van der Waals surface area (Å²) in [5.41, 5.74) is 6.32. The second kappa shape index (κ2) is 7.50. The van der Waals surface area contributed by atoms with Crippen molar-refractivity contribution in [2.24, 2.45) is 0 Å². The summed E-state index contributed by atoms with van der Waals surface area (Å²) >= 11 is 6.09. The molecule has 6 nitrogen and oxygen atoms in total. The number of hydrazine groups is 1. The maximum Gasteiger partial charge on any atom is 0.260 e. The van der Waals surface area contributed by atoms with Crippen molar-refractivity contribution in [2.45, 2.75) is 33.2 Å².